The van der Waals surface area contributed by atoms with Gasteiger partial charge in [-0.25, -0.2) is 4.98 Å². The summed E-state index contributed by atoms with van der Waals surface area (Å²) in [4.78, 5) is 4.42. The molecule has 112 valence electrons. The molecule has 0 saturated carbocycles. The van der Waals surface area contributed by atoms with Gasteiger partial charge in [0.2, 0.25) is 0 Å². The van der Waals surface area contributed by atoms with Crippen LogP contribution in [0.3, 0.4) is 0 Å². The van der Waals surface area contributed by atoms with Crippen LogP contribution in [0.5, 0.6) is 0 Å². The Bertz CT molecular complexity index is 505. The van der Waals surface area contributed by atoms with E-state index in [4.69, 9.17) is 5.73 Å². The Balaban J connectivity index is 0.00000180. The summed E-state index contributed by atoms with van der Waals surface area (Å²) in [5.74, 6) is 0. The standard InChI is InChI=1S/C14H19N3S.2ClH/c1-3-14(2,13-16-7-8-18-13)17-10-11-5-4-6-12(15)9-11;;/h4-9,17H,3,10,15H2,1-2H3;2*1H. The number of anilines is 1. The second-order valence-electron chi connectivity index (χ2n) is 4.62. The normalized spacial score (nSPS) is 12.9. The number of nitrogens with zero attached hydrogens (tertiary/aromatic N) is 1. The summed E-state index contributed by atoms with van der Waals surface area (Å²) < 4.78 is 0. The Labute approximate surface area is 136 Å². The Hall–Kier alpha value is -0.810. The number of halogens is 2. The van der Waals surface area contributed by atoms with Gasteiger partial charge in [0.15, 0.2) is 0 Å². The van der Waals surface area contributed by atoms with E-state index in [-0.39, 0.29) is 30.4 Å². The van der Waals surface area contributed by atoms with Crippen molar-refractivity contribution < 1.29 is 0 Å². The van der Waals surface area contributed by atoms with Crippen molar-refractivity contribution in [3.05, 3.63) is 46.4 Å². The third-order valence-corrected chi connectivity index (χ3v) is 4.28. The molecular formula is C14H21Cl2N3S. The van der Waals surface area contributed by atoms with Crippen LogP contribution in [0, 0.1) is 0 Å². The summed E-state index contributed by atoms with van der Waals surface area (Å²) in [5, 5.41) is 6.74. The molecule has 1 atom stereocenters. The molecule has 0 bridgehead atoms. The van der Waals surface area contributed by atoms with Crippen molar-refractivity contribution in [3.8, 4) is 0 Å². The molecule has 3 N–H and O–H groups in total. The Morgan fingerprint density at radius 1 is 1.35 bits per heavy atom. The maximum Gasteiger partial charge on any atom is 0.112 e. The van der Waals surface area contributed by atoms with Crippen LogP contribution in [0.15, 0.2) is 35.8 Å². The Morgan fingerprint density at radius 3 is 2.65 bits per heavy atom. The fourth-order valence-electron chi connectivity index (χ4n) is 1.85. The van der Waals surface area contributed by atoms with Gasteiger partial charge in [0, 0.05) is 23.8 Å². The van der Waals surface area contributed by atoms with E-state index in [1.165, 1.54) is 5.56 Å². The molecule has 0 aliphatic carbocycles. The van der Waals surface area contributed by atoms with Gasteiger partial charge in [0.1, 0.15) is 5.01 Å². The summed E-state index contributed by atoms with van der Waals surface area (Å²) in [6.45, 7) is 5.17. The van der Waals surface area contributed by atoms with Gasteiger partial charge in [-0.3, -0.25) is 0 Å². The molecule has 1 heterocycles. The average Bonchev–Trinajstić information content (AvgIpc) is 2.90. The molecule has 3 nitrogen and oxygen atoms in total. The number of nitrogen functional groups attached to an aromatic ring is 1. The van der Waals surface area contributed by atoms with Gasteiger partial charge in [-0.2, -0.15) is 0 Å². The SMILES string of the molecule is CCC(C)(NCc1cccc(N)c1)c1nccs1.Cl.Cl. The molecule has 0 amide bonds. The van der Waals surface area contributed by atoms with Crippen molar-refractivity contribution >= 4 is 41.8 Å². The molecule has 6 heteroatoms. The van der Waals surface area contributed by atoms with E-state index in [1.54, 1.807) is 11.3 Å². The second kappa shape index (κ2) is 8.47. The van der Waals surface area contributed by atoms with Gasteiger partial charge < -0.3 is 11.1 Å². The summed E-state index contributed by atoms with van der Waals surface area (Å²) >= 11 is 1.69. The van der Waals surface area contributed by atoms with Crippen LogP contribution in [0.2, 0.25) is 0 Å². The molecule has 20 heavy (non-hydrogen) atoms. The largest absolute Gasteiger partial charge is 0.399 e. The molecule has 0 aliphatic rings. The highest BCUT2D eigenvalue weighted by Crippen LogP contribution is 2.26. The van der Waals surface area contributed by atoms with Crippen LogP contribution in [0.1, 0.15) is 30.8 Å². The minimum absolute atomic E-state index is 0. The summed E-state index contributed by atoms with van der Waals surface area (Å²) in [6.07, 6.45) is 2.86. The number of thiazole rings is 1. The third kappa shape index (κ3) is 4.63. The zero-order chi connectivity index (χ0) is 13.0. The molecular weight excluding hydrogens is 313 g/mol. The van der Waals surface area contributed by atoms with Crippen LogP contribution in [0.25, 0.3) is 0 Å². The smallest absolute Gasteiger partial charge is 0.112 e. The van der Waals surface area contributed by atoms with Crippen molar-refractivity contribution in [2.75, 3.05) is 5.73 Å². The van der Waals surface area contributed by atoms with Gasteiger partial charge in [0.25, 0.3) is 0 Å². The highest BCUT2D eigenvalue weighted by Gasteiger charge is 2.26. The van der Waals surface area contributed by atoms with Gasteiger partial charge >= 0.3 is 0 Å². The molecule has 2 aromatic rings. The number of nitrogens with one attached hydrogen (secondary N) is 1. The number of hydrogen-bond acceptors (Lipinski definition) is 4. The molecule has 1 aromatic carbocycles. The van der Waals surface area contributed by atoms with E-state index in [0.717, 1.165) is 23.7 Å². The average molecular weight is 334 g/mol. The van der Waals surface area contributed by atoms with E-state index < -0.39 is 0 Å². The zero-order valence-corrected chi connectivity index (χ0v) is 14.1. The first-order valence-corrected chi connectivity index (χ1v) is 7.01. The minimum Gasteiger partial charge on any atom is -0.399 e. The number of nitrogens with two attached hydrogens (primary N) is 1. The molecule has 0 saturated heterocycles. The number of benzene rings is 1. The highest BCUT2D eigenvalue weighted by atomic mass is 35.5. The monoisotopic (exact) mass is 333 g/mol. The predicted octanol–water partition coefficient (Wildman–Crippen LogP) is 3.98. The first kappa shape index (κ1) is 19.2. The topological polar surface area (TPSA) is 50.9 Å². The van der Waals surface area contributed by atoms with E-state index >= 15 is 0 Å². The van der Waals surface area contributed by atoms with Gasteiger partial charge in [-0.05, 0) is 31.0 Å². The summed E-state index contributed by atoms with van der Waals surface area (Å²) in [5.41, 5.74) is 7.72. The van der Waals surface area contributed by atoms with E-state index in [9.17, 15) is 0 Å². The lowest BCUT2D eigenvalue weighted by atomic mass is 9.99. The summed E-state index contributed by atoms with van der Waals surface area (Å²) in [6, 6.07) is 7.98. The fraction of sp³-hybridized carbons (Fsp3) is 0.357. The van der Waals surface area contributed by atoms with Crippen LogP contribution < -0.4 is 11.1 Å². The first-order chi connectivity index (χ1) is 8.64. The van der Waals surface area contributed by atoms with Crippen molar-refractivity contribution in [2.24, 2.45) is 0 Å². The highest BCUT2D eigenvalue weighted by molar-refractivity contribution is 7.09. The van der Waals surface area contributed by atoms with Crippen molar-refractivity contribution in [2.45, 2.75) is 32.4 Å². The molecule has 2 rings (SSSR count). The van der Waals surface area contributed by atoms with Crippen molar-refractivity contribution in [3.63, 3.8) is 0 Å². The molecule has 0 fully saturated rings. The molecule has 0 aliphatic heterocycles. The quantitative estimate of drug-likeness (QED) is 0.813. The van der Waals surface area contributed by atoms with E-state index in [2.05, 4.69) is 30.2 Å². The van der Waals surface area contributed by atoms with Gasteiger partial charge in [-0.1, -0.05) is 19.1 Å². The summed E-state index contributed by atoms with van der Waals surface area (Å²) in [7, 11) is 0. The van der Waals surface area contributed by atoms with E-state index in [1.807, 2.05) is 29.8 Å². The minimum atomic E-state index is -0.0707. The van der Waals surface area contributed by atoms with Crippen molar-refractivity contribution in [1.82, 2.24) is 10.3 Å². The molecule has 0 spiro atoms. The lowest BCUT2D eigenvalue weighted by molar-refractivity contribution is 0.349. The van der Waals surface area contributed by atoms with Crippen LogP contribution in [-0.4, -0.2) is 4.98 Å². The molecule has 0 radical (unpaired) electrons. The molecule has 1 unspecified atom stereocenters. The maximum absolute atomic E-state index is 5.79. The zero-order valence-electron chi connectivity index (χ0n) is 11.6. The lowest BCUT2D eigenvalue weighted by Gasteiger charge is -2.27. The van der Waals surface area contributed by atoms with Crippen LogP contribution in [0.4, 0.5) is 5.69 Å². The number of rotatable bonds is 5. The Kier molecular flexibility index (Phi) is 8.13. The van der Waals surface area contributed by atoms with Gasteiger partial charge in [0.05, 0.1) is 5.54 Å². The predicted molar refractivity (Wildman–Crippen MR) is 91.9 cm³/mol. The fourth-order valence-corrected chi connectivity index (χ4v) is 2.70. The first-order valence-electron chi connectivity index (χ1n) is 6.13. The van der Waals surface area contributed by atoms with Crippen molar-refractivity contribution in [1.29, 1.82) is 0 Å². The van der Waals surface area contributed by atoms with Crippen LogP contribution >= 0.6 is 36.2 Å². The number of aromatic nitrogens is 1. The molecule has 1 aromatic heterocycles. The van der Waals surface area contributed by atoms with E-state index in [0.29, 0.717) is 0 Å². The third-order valence-electron chi connectivity index (χ3n) is 3.25. The van der Waals surface area contributed by atoms with Gasteiger partial charge in [-0.15, -0.1) is 36.2 Å². The lowest BCUT2D eigenvalue weighted by Crippen LogP contribution is -2.38. The van der Waals surface area contributed by atoms with Crippen LogP contribution in [-0.2, 0) is 12.1 Å². The number of hydrogen-bond donors (Lipinski definition) is 2. The second-order valence-corrected chi connectivity index (χ2v) is 5.52. The maximum atomic E-state index is 5.79. The Morgan fingerprint density at radius 2 is 2.10 bits per heavy atom.